The van der Waals surface area contributed by atoms with E-state index in [2.05, 4.69) is 0 Å². The van der Waals surface area contributed by atoms with E-state index in [1.807, 2.05) is 11.0 Å². The Labute approximate surface area is 186 Å². The van der Waals surface area contributed by atoms with Crippen LogP contribution in [-0.2, 0) is 27.2 Å². The van der Waals surface area contributed by atoms with Gasteiger partial charge < -0.3 is 23.8 Å². The van der Waals surface area contributed by atoms with Gasteiger partial charge in [0.1, 0.15) is 0 Å². The van der Waals surface area contributed by atoms with Gasteiger partial charge in [0.05, 0.1) is 20.3 Å². The number of rotatable bonds is 4. The van der Waals surface area contributed by atoms with Crippen LogP contribution in [0.25, 0.3) is 11.1 Å². The summed E-state index contributed by atoms with van der Waals surface area (Å²) < 4.78 is 22.1. The summed E-state index contributed by atoms with van der Waals surface area (Å²) in [5.74, 6) is 0.517. The second kappa shape index (κ2) is 8.18. The van der Waals surface area contributed by atoms with Gasteiger partial charge in [-0.25, -0.2) is 0 Å². The van der Waals surface area contributed by atoms with E-state index in [4.69, 9.17) is 18.9 Å². The minimum absolute atomic E-state index is 0.0215. The molecule has 8 heteroatoms. The number of hydrogen-bond acceptors (Lipinski definition) is 7. The second-order valence-electron chi connectivity index (χ2n) is 7.89. The molecule has 1 amide bonds. The van der Waals surface area contributed by atoms with Crippen LogP contribution in [0.5, 0.6) is 23.0 Å². The molecule has 0 unspecified atom stereocenters. The molecule has 2 aromatic carbocycles. The Morgan fingerprint density at radius 1 is 0.875 bits per heavy atom. The Morgan fingerprint density at radius 3 is 2.12 bits per heavy atom. The monoisotopic (exact) mass is 439 g/mol. The summed E-state index contributed by atoms with van der Waals surface area (Å²) in [6.07, 6.45) is 1.18. The molecule has 168 valence electrons. The Bertz CT molecular complexity index is 1140. The van der Waals surface area contributed by atoms with Crippen LogP contribution in [0.4, 0.5) is 0 Å². The quantitative estimate of drug-likeness (QED) is 0.534. The number of nitrogens with zero attached hydrogens (tertiary/aromatic N) is 1. The molecule has 0 aromatic heterocycles. The van der Waals surface area contributed by atoms with Crippen LogP contribution in [0.1, 0.15) is 43.5 Å². The van der Waals surface area contributed by atoms with Gasteiger partial charge in [0.15, 0.2) is 23.0 Å². The van der Waals surface area contributed by atoms with E-state index in [0.29, 0.717) is 42.4 Å². The van der Waals surface area contributed by atoms with E-state index in [9.17, 15) is 14.4 Å². The van der Waals surface area contributed by atoms with Gasteiger partial charge in [0.2, 0.25) is 5.91 Å². The van der Waals surface area contributed by atoms with Crippen molar-refractivity contribution < 1.29 is 33.3 Å². The summed E-state index contributed by atoms with van der Waals surface area (Å²) in [4.78, 5) is 37.7. The van der Waals surface area contributed by atoms with E-state index in [-0.39, 0.29) is 11.9 Å². The number of hydrogen-bond donors (Lipinski definition) is 0. The fourth-order valence-electron chi connectivity index (χ4n) is 4.74. The zero-order valence-corrected chi connectivity index (χ0v) is 18.7. The van der Waals surface area contributed by atoms with Crippen LogP contribution in [-0.4, -0.2) is 43.5 Å². The first-order chi connectivity index (χ1) is 15.2. The molecule has 1 aliphatic heterocycles. The van der Waals surface area contributed by atoms with E-state index in [0.717, 1.165) is 27.8 Å². The number of carbonyl (C=O) groups excluding carboxylic acids is 3. The van der Waals surface area contributed by atoms with Gasteiger partial charge in [-0.15, -0.1) is 0 Å². The molecule has 0 radical (unpaired) electrons. The molecule has 2 aliphatic rings. The van der Waals surface area contributed by atoms with Crippen LogP contribution in [0.2, 0.25) is 0 Å². The topological polar surface area (TPSA) is 91.4 Å². The molecule has 1 heterocycles. The van der Waals surface area contributed by atoms with E-state index < -0.39 is 11.9 Å². The predicted molar refractivity (Wildman–Crippen MR) is 115 cm³/mol. The molecule has 4 rings (SSSR count). The van der Waals surface area contributed by atoms with Gasteiger partial charge in [-0.05, 0) is 53.3 Å². The van der Waals surface area contributed by atoms with Crippen LogP contribution >= 0.6 is 0 Å². The van der Waals surface area contributed by atoms with Crippen molar-refractivity contribution in [2.24, 2.45) is 0 Å². The molecule has 0 fully saturated rings. The third kappa shape index (κ3) is 3.55. The van der Waals surface area contributed by atoms with E-state index in [1.54, 1.807) is 19.1 Å². The van der Waals surface area contributed by atoms with E-state index >= 15 is 0 Å². The van der Waals surface area contributed by atoms with Gasteiger partial charge in [-0.2, -0.15) is 0 Å². The maximum atomic E-state index is 12.4. The first-order valence-corrected chi connectivity index (χ1v) is 10.3. The molecule has 0 spiro atoms. The molecule has 1 atom stereocenters. The van der Waals surface area contributed by atoms with Crippen molar-refractivity contribution in [1.29, 1.82) is 0 Å². The standard InChI is InChI=1S/C24H25NO7/c1-12(26)25-7-6-15-9-21(32-14(3)28)24(30-5)23-17-11-19(29-4)20(31-13(2)27)10-16(17)8-18(25)22(15)23/h9-11,18H,6-8H2,1-5H3/t18-/m0/s1. The Morgan fingerprint density at radius 2 is 1.53 bits per heavy atom. The molecule has 32 heavy (non-hydrogen) atoms. The Balaban J connectivity index is 2.03. The summed E-state index contributed by atoms with van der Waals surface area (Å²) in [7, 11) is 3.02. The Kier molecular flexibility index (Phi) is 5.54. The van der Waals surface area contributed by atoms with Gasteiger partial charge in [-0.1, -0.05) is 0 Å². The van der Waals surface area contributed by atoms with Crippen molar-refractivity contribution in [3.05, 3.63) is 34.9 Å². The molecular weight excluding hydrogens is 414 g/mol. The molecular formula is C24H25NO7. The van der Waals surface area contributed by atoms with Gasteiger partial charge >= 0.3 is 11.9 Å². The maximum Gasteiger partial charge on any atom is 0.308 e. The number of amides is 1. The SMILES string of the molecule is COc1cc2c(cc1OC(C)=O)C[C@H]1c3c(cc(OC(C)=O)c(OC)c3-2)CCN1C(C)=O. The average Bonchev–Trinajstić information content (AvgIpc) is 2.72. The summed E-state index contributed by atoms with van der Waals surface area (Å²) in [5.41, 5.74) is 4.44. The highest BCUT2D eigenvalue weighted by atomic mass is 16.6. The molecule has 8 nitrogen and oxygen atoms in total. The van der Waals surface area contributed by atoms with Crippen molar-refractivity contribution in [2.75, 3.05) is 20.8 Å². The lowest BCUT2D eigenvalue weighted by atomic mass is 9.76. The first-order valence-electron chi connectivity index (χ1n) is 10.3. The number of benzene rings is 2. The first kappa shape index (κ1) is 21.7. The molecule has 0 saturated carbocycles. The van der Waals surface area contributed by atoms with Crippen molar-refractivity contribution in [1.82, 2.24) is 4.90 Å². The highest BCUT2D eigenvalue weighted by molar-refractivity contribution is 5.88. The van der Waals surface area contributed by atoms with E-state index in [1.165, 1.54) is 28.1 Å². The lowest BCUT2D eigenvalue weighted by molar-refractivity contribution is -0.132. The number of carbonyl (C=O) groups is 3. The third-order valence-corrected chi connectivity index (χ3v) is 5.89. The van der Waals surface area contributed by atoms with Crippen LogP contribution in [0, 0.1) is 0 Å². The highest BCUT2D eigenvalue weighted by Gasteiger charge is 2.39. The summed E-state index contributed by atoms with van der Waals surface area (Å²) in [5, 5.41) is 0. The number of esters is 2. The molecule has 1 aliphatic carbocycles. The predicted octanol–water partition coefficient (Wildman–Crippen LogP) is 3.22. The van der Waals surface area contributed by atoms with Crippen molar-refractivity contribution in [2.45, 2.75) is 39.7 Å². The lowest BCUT2D eigenvalue weighted by Crippen LogP contribution is -2.41. The van der Waals surface area contributed by atoms with Crippen molar-refractivity contribution in [3.63, 3.8) is 0 Å². The van der Waals surface area contributed by atoms with Gasteiger partial charge in [0, 0.05) is 32.9 Å². The minimum atomic E-state index is -0.459. The van der Waals surface area contributed by atoms with Gasteiger partial charge in [0.25, 0.3) is 0 Å². The number of fused-ring (bicyclic) bond motifs is 2. The highest BCUT2D eigenvalue weighted by Crippen LogP contribution is 2.54. The largest absolute Gasteiger partial charge is 0.493 e. The van der Waals surface area contributed by atoms with Crippen molar-refractivity contribution in [3.8, 4) is 34.1 Å². The Hall–Kier alpha value is -3.55. The lowest BCUT2D eigenvalue weighted by Gasteiger charge is -2.42. The maximum absolute atomic E-state index is 12.4. The zero-order chi connectivity index (χ0) is 23.2. The van der Waals surface area contributed by atoms with Crippen LogP contribution < -0.4 is 18.9 Å². The molecule has 0 N–H and O–H groups in total. The summed E-state index contributed by atoms with van der Waals surface area (Å²) in [6.45, 7) is 4.78. The molecule has 2 aromatic rings. The fourth-order valence-corrected chi connectivity index (χ4v) is 4.74. The zero-order valence-electron chi connectivity index (χ0n) is 18.7. The molecule has 0 saturated heterocycles. The van der Waals surface area contributed by atoms with Crippen LogP contribution in [0.3, 0.4) is 0 Å². The number of methoxy groups -OCH3 is 2. The second-order valence-corrected chi connectivity index (χ2v) is 7.89. The van der Waals surface area contributed by atoms with Crippen LogP contribution in [0.15, 0.2) is 18.2 Å². The fraction of sp³-hybridized carbons (Fsp3) is 0.375. The minimum Gasteiger partial charge on any atom is -0.493 e. The molecule has 0 bridgehead atoms. The summed E-state index contributed by atoms with van der Waals surface area (Å²) in [6, 6.07) is 5.19. The van der Waals surface area contributed by atoms with Crippen molar-refractivity contribution >= 4 is 17.8 Å². The third-order valence-electron chi connectivity index (χ3n) is 5.89. The van der Waals surface area contributed by atoms with Gasteiger partial charge in [-0.3, -0.25) is 14.4 Å². The average molecular weight is 439 g/mol. The number of ether oxygens (including phenoxy) is 4. The smallest absolute Gasteiger partial charge is 0.308 e. The summed E-state index contributed by atoms with van der Waals surface area (Å²) >= 11 is 0. The normalized spacial score (nSPS) is 15.9.